The molecule has 0 bridgehead atoms. The van der Waals surface area contributed by atoms with E-state index in [1.807, 2.05) is 37.3 Å². The first-order chi connectivity index (χ1) is 17.8. The number of fused-ring (bicyclic) bond motifs is 5. The molecule has 0 saturated carbocycles. The smallest absolute Gasteiger partial charge is 0.403 e. The zero-order valence-electron chi connectivity index (χ0n) is 19.7. The van der Waals surface area contributed by atoms with Gasteiger partial charge < -0.3 is 9.09 Å². The molecule has 2 atom stereocenters. The quantitative estimate of drug-likeness (QED) is 0.273. The molecule has 0 spiro atoms. The number of hydrogen-bond donors (Lipinski definition) is 1. The summed E-state index contributed by atoms with van der Waals surface area (Å²) in [5.41, 5.74) is 3.85. The maximum Gasteiger partial charge on any atom is 0.527 e. The van der Waals surface area contributed by atoms with Crippen LogP contribution in [0.5, 0.6) is 5.75 Å². The second-order valence-electron chi connectivity index (χ2n) is 9.09. The van der Waals surface area contributed by atoms with E-state index in [2.05, 4.69) is 0 Å². The van der Waals surface area contributed by atoms with Gasteiger partial charge in [-0.3, -0.25) is 19.0 Å². The molecule has 2 heterocycles. The third kappa shape index (κ3) is 3.87. The molecule has 9 heteroatoms. The normalized spacial score (nSPS) is 17.3. The second-order valence-corrected chi connectivity index (χ2v) is 10.8. The van der Waals surface area contributed by atoms with Gasteiger partial charge in [0.2, 0.25) is 5.78 Å². The number of aromatic nitrogens is 1. The number of rotatable bonds is 5. The van der Waals surface area contributed by atoms with Gasteiger partial charge in [-0.25, -0.2) is 4.57 Å². The van der Waals surface area contributed by atoms with Crippen molar-refractivity contribution < 1.29 is 28.1 Å². The summed E-state index contributed by atoms with van der Waals surface area (Å²) in [4.78, 5) is 38.0. The van der Waals surface area contributed by atoms with Crippen LogP contribution in [-0.2, 0) is 22.2 Å². The van der Waals surface area contributed by atoms with Gasteiger partial charge >= 0.3 is 7.82 Å². The molecule has 1 aliphatic carbocycles. The Morgan fingerprint density at radius 2 is 1.68 bits per heavy atom. The van der Waals surface area contributed by atoms with Gasteiger partial charge in [0, 0.05) is 23.7 Å². The fraction of sp³-hybridized carbons (Fsp3) is 0.143. The summed E-state index contributed by atoms with van der Waals surface area (Å²) >= 11 is 6.74. The fourth-order valence-corrected chi connectivity index (χ4v) is 6.34. The van der Waals surface area contributed by atoms with Gasteiger partial charge in [0.25, 0.3) is 0 Å². The Bertz CT molecular complexity index is 1640. The number of benzene rings is 3. The van der Waals surface area contributed by atoms with Crippen LogP contribution in [0.4, 0.5) is 0 Å². The second kappa shape index (κ2) is 8.82. The lowest BCUT2D eigenvalue weighted by Crippen LogP contribution is -2.23. The van der Waals surface area contributed by atoms with Crippen LogP contribution in [0.3, 0.4) is 0 Å². The number of phosphoric ester groups is 1. The molecule has 186 valence electrons. The molecular formula is C28H21ClNO6P. The van der Waals surface area contributed by atoms with E-state index < -0.39 is 13.6 Å². The van der Waals surface area contributed by atoms with Gasteiger partial charge in [-0.15, -0.1) is 0 Å². The van der Waals surface area contributed by atoms with Crippen molar-refractivity contribution in [1.29, 1.82) is 0 Å². The minimum absolute atomic E-state index is 0.0860. The topological polar surface area (TPSA) is 94.8 Å². The average Bonchev–Trinajstić information content (AvgIpc) is 3.19. The molecule has 0 radical (unpaired) electrons. The van der Waals surface area contributed by atoms with Crippen molar-refractivity contribution in [2.24, 2.45) is 0 Å². The first-order valence-electron chi connectivity index (χ1n) is 11.7. The largest absolute Gasteiger partial charge is 0.527 e. The molecular weight excluding hydrogens is 513 g/mol. The number of nitrogens with zero attached hydrogens (tertiary/aromatic N) is 1. The average molecular weight is 534 g/mol. The standard InChI is InChI=1S/C28H21ClNO6P/c1-16-19-11-6-5-10-18(19)14-30-25(16)23-24(28(30)29)27(32)22-20(26(23)31)12-7-13-21(22)36-37(33,34)35-15-17-8-3-2-4-9-17/h2-13,16H,14-15H2,1H3,(H,33,34). The number of phosphoric acid groups is 1. The summed E-state index contributed by atoms with van der Waals surface area (Å²) in [7, 11) is -4.63. The van der Waals surface area contributed by atoms with Crippen LogP contribution in [-0.4, -0.2) is 21.0 Å². The summed E-state index contributed by atoms with van der Waals surface area (Å²) < 4.78 is 25.0. The number of carbonyl (C=O) groups excluding carboxylic acids is 2. The van der Waals surface area contributed by atoms with E-state index in [9.17, 15) is 19.0 Å². The summed E-state index contributed by atoms with van der Waals surface area (Å²) in [6, 6.07) is 21.1. The van der Waals surface area contributed by atoms with Crippen molar-refractivity contribution >= 4 is 31.0 Å². The van der Waals surface area contributed by atoms with Gasteiger partial charge in [0.1, 0.15) is 10.9 Å². The number of hydrogen-bond acceptors (Lipinski definition) is 5. The zero-order valence-corrected chi connectivity index (χ0v) is 21.3. The van der Waals surface area contributed by atoms with Crippen molar-refractivity contribution in [3.8, 4) is 5.75 Å². The zero-order chi connectivity index (χ0) is 25.9. The van der Waals surface area contributed by atoms with Crippen LogP contribution in [0.25, 0.3) is 0 Å². The molecule has 2 aliphatic rings. The Labute approximate surface area is 217 Å². The van der Waals surface area contributed by atoms with Gasteiger partial charge in [-0.2, -0.15) is 0 Å². The molecule has 0 saturated heterocycles. The molecule has 3 aromatic carbocycles. The highest BCUT2D eigenvalue weighted by molar-refractivity contribution is 7.47. The molecule has 4 aromatic rings. The molecule has 0 amide bonds. The van der Waals surface area contributed by atoms with Crippen molar-refractivity contribution in [2.45, 2.75) is 26.0 Å². The van der Waals surface area contributed by atoms with E-state index >= 15 is 0 Å². The van der Waals surface area contributed by atoms with E-state index in [0.29, 0.717) is 17.8 Å². The molecule has 1 aliphatic heterocycles. The van der Waals surface area contributed by atoms with E-state index in [1.54, 1.807) is 28.8 Å². The van der Waals surface area contributed by atoms with Gasteiger partial charge in [-0.05, 0) is 22.8 Å². The van der Waals surface area contributed by atoms with Crippen LogP contribution >= 0.6 is 19.4 Å². The molecule has 1 aromatic heterocycles. The maximum absolute atomic E-state index is 13.8. The lowest BCUT2D eigenvalue weighted by Gasteiger charge is -2.27. The summed E-state index contributed by atoms with van der Waals surface area (Å²) in [5.74, 6) is -1.29. The molecule has 2 unspecified atom stereocenters. The lowest BCUT2D eigenvalue weighted by molar-refractivity contribution is 0.0976. The fourth-order valence-electron chi connectivity index (χ4n) is 5.24. The molecule has 37 heavy (non-hydrogen) atoms. The van der Waals surface area contributed by atoms with E-state index in [-0.39, 0.29) is 51.5 Å². The van der Waals surface area contributed by atoms with Gasteiger partial charge in [-0.1, -0.05) is 85.3 Å². The first kappa shape index (κ1) is 23.9. The highest BCUT2D eigenvalue weighted by atomic mass is 35.5. The lowest BCUT2D eigenvalue weighted by atomic mass is 9.81. The predicted octanol–water partition coefficient (Wildman–Crippen LogP) is 6.13. The monoisotopic (exact) mass is 533 g/mol. The molecule has 1 N–H and O–H groups in total. The number of halogens is 1. The Morgan fingerprint density at radius 3 is 2.46 bits per heavy atom. The number of carbonyl (C=O) groups is 2. The van der Waals surface area contributed by atoms with Gasteiger partial charge in [0.05, 0.1) is 23.3 Å². The molecule has 6 rings (SSSR count). The molecule has 7 nitrogen and oxygen atoms in total. The van der Waals surface area contributed by atoms with Gasteiger partial charge in [0.15, 0.2) is 5.78 Å². The number of ketones is 2. The van der Waals surface area contributed by atoms with Crippen molar-refractivity contribution in [3.63, 3.8) is 0 Å². The van der Waals surface area contributed by atoms with Crippen LogP contribution in [0.2, 0.25) is 5.15 Å². The van der Waals surface area contributed by atoms with E-state index in [4.69, 9.17) is 20.6 Å². The summed E-state index contributed by atoms with van der Waals surface area (Å²) in [6.07, 6.45) is 0. The minimum atomic E-state index is -4.63. The summed E-state index contributed by atoms with van der Waals surface area (Å²) in [5, 5.41) is 0.165. The highest BCUT2D eigenvalue weighted by Gasteiger charge is 2.42. The Morgan fingerprint density at radius 1 is 0.946 bits per heavy atom. The van der Waals surface area contributed by atoms with Crippen molar-refractivity contribution in [2.75, 3.05) is 0 Å². The Hall–Kier alpha value is -3.48. The van der Waals surface area contributed by atoms with Crippen LogP contribution in [0, 0.1) is 0 Å². The minimum Gasteiger partial charge on any atom is -0.403 e. The highest BCUT2D eigenvalue weighted by Crippen LogP contribution is 2.49. The first-order valence-corrected chi connectivity index (χ1v) is 13.6. The third-order valence-corrected chi connectivity index (χ3v) is 8.18. The predicted molar refractivity (Wildman–Crippen MR) is 137 cm³/mol. The van der Waals surface area contributed by atoms with Crippen molar-refractivity contribution in [1.82, 2.24) is 4.57 Å². The summed E-state index contributed by atoms with van der Waals surface area (Å²) in [6.45, 7) is 2.25. The molecule has 0 fully saturated rings. The van der Waals surface area contributed by atoms with Crippen molar-refractivity contribution in [3.05, 3.63) is 123 Å². The third-order valence-electron chi connectivity index (χ3n) is 6.90. The Kier molecular flexibility index (Phi) is 5.70. The van der Waals surface area contributed by atoms with Crippen LogP contribution in [0.15, 0.2) is 72.8 Å². The maximum atomic E-state index is 13.8. The van der Waals surface area contributed by atoms with E-state index in [1.165, 1.54) is 18.2 Å². The van der Waals surface area contributed by atoms with E-state index in [0.717, 1.165) is 11.1 Å². The Balaban J connectivity index is 1.39. The SMILES string of the molecule is CC1c2ccccc2Cn2c(Cl)c3c(c21)C(=O)c1cccc(OP(=O)(O)OCc2ccccc2)c1C3=O. The van der Waals surface area contributed by atoms with Crippen LogP contribution < -0.4 is 4.52 Å². The van der Waals surface area contributed by atoms with Crippen LogP contribution in [0.1, 0.15) is 67.1 Å².